The summed E-state index contributed by atoms with van der Waals surface area (Å²) < 4.78 is 0. The highest BCUT2D eigenvalue weighted by molar-refractivity contribution is 7.14. The van der Waals surface area contributed by atoms with Crippen molar-refractivity contribution in [2.24, 2.45) is 0 Å². The van der Waals surface area contributed by atoms with Crippen LogP contribution in [0.5, 0.6) is 0 Å². The van der Waals surface area contributed by atoms with E-state index < -0.39 is 0 Å². The van der Waals surface area contributed by atoms with Crippen LogP contribution >= 0.6 is 11.3 Å². The largest absolute Gasteiger partial charge is 0.321 e. The molecule has 3 rings (SSSR count). The van der Waals surface area contributed by atoms with Gasteiger partial charge >= 0.3 is 0 Å². The van der Waals surface area contributed by atoms with Gasteiger partial charge in [-0.2, -0.15) is 0 Å². The molecule has 3 heteroatoms. The lowest BCUT2D eigenvalue weighted by Crippen LogP contribution is -2.10. The number of para-hydroxylation sites is 1. The molecule has 0 aliphatic heterocycles. The summed E-state index contributed by atoms with van der Waals surface area (Å²) in [7, 11) is 0. The molecule has 1 N–H and O–H groups in total. The van der Waals surface area contributed by atoms with Gasteiger partial charge in [-0.15, -0.1) is 11.3 Å². The van der Waals surface area contributed by atoms with Gasteiger partial charge < -0.3 is 5.32 Å². The van der Waals surface area contributed by atoms with Crippen molar-refractivity contribution >= 4 is 22.9 Å². The summed E-state index contributed by atoms with van der Waals surface area (Å²) in [5, 5.41) is 3.01. The van der Waals surface area contributed by atoms with E-state index >= 15 is 0 Å². The van der Waals surface area contributed by atoms with Gasteiger partial charge in [-0.3, -0.25) is 4.79 Å². The number of hydrogen-bond acceptors (Lipinski definition) is 2. The van der Waals surface area contributed by atoms with Crippen molar-refractivity contribution in [1.29, 1.82) is 0 Å². The van der Waals surface area contributed by atoms with E-state index in [4.69, 9.17) is 0 Å². The minimum absolute atomic E-state index is 0.0588. The molecule has 21 heavy (non-hydrogen) atoms. The minimum Gasteiger partial charge on any atom is -0.321 e. The zero-order chi connectivity index (χ0) is 14.7. The molecule has 0 aliphatic carbocycles. The summed E-state index contributed by atoms with van der Waals surface area (Å²) in [6.45, 7) is 2.00. The predicted octanol–water partition coefficient (Wildman–Crippen LogP) is 4.98. The quantitative estimate of drug-likeness (QED) is 0.725. The van der Waals surface area contributed by atoms with Crippen molar-refractivity contribution < 1.29 is 4.79 Å². The topological polar surface area (TPSA) is 29.1 Å². The molecule has 1 amide bonds. The third kappa shape index (κ3) is 3.03. The van der Waals surface area contributed by atoms with Gasteiger partial charge in [-0.05, 0) is 30.7 Å². The first-order valence-electron chi connectivity index (χ1n) is 6.76. The highest BCUT2D eigenvalue weighted by Gasteiger charge is 2.11. The summed E-state index contributed by atoms with van der Waals surface area (Å²) in [4.78, 5) is 14.2. The number of carbonyl (C=O) groups excluding carboxylic acids is 1. The average Bonchev–Trinajstić information content (AvgIpc) is 2.95. The van der Waals surface area contributed by atoms with E-state index in [0.717, 1.165) is 26.6 Å². The summed E-state index contributed by atoms with van der Waals surface area (Å²) in [5.41, 5.74) is 2.95. The summed E-state index contributed by atoms with van der Waals surface area (Å²) in [6, 6.07) is 21.7. The van der Waals surface area contributed by atoms with Gasteiger partial charge in [0.1, 0.15) is 0 Å². The van der Waals surface area contributed by atoms with Crippen LogP contribution in [0.1, 0.15) is 14.5 Å². The number of amides is 1. The zero-order valence-electron chi connectivity index (χ0n) is 11.7. The van der Waals surface area contributed by atoms with Gasteiger partial charge in [-0.1, -0.05) is 48.5 Å². The first kappa shape index (κ1) is 13.6. The smallest absolute Gasteiger partial charge is 0.265 e. The Balaban J connectivity index is 1.91. The maximum absolute atomic E-state index is 12.3. The first-order chi connectivity index (χ1) is 10.2. The van der Waals surface area contributed by atoms with Crippen LogP contribution in [-0.2, 0) is 0 Å². The van der Waals surface area contributed by atoms with Crippen LogP contribution in [0, 0.1) is 6.92 Å². The summed E-state index contributed by atoms with van der Waals surface area (Å²) >= 11 is 1.50. The molecule has 2 aromatic carbocycles. The predicted molar refractivity (Wildman–Crippen MR) is 88.9 cm³/mol. The highest BCUT2D eigenvalue weighted by Crippen LogP contribution is 2.28. The molecular formula is C18H15NOS. The van der Waals surface area contributed by atoms with Crippen molar-refractivity contribution in [2.45, 2.75) is 6.92 Å². The lowest BCUT2D eigenvalue weighted by Gasteiger charge is -2.10. The maximum atomic E-state index is 12.3. The molecule has 2 nitrogen and oxygen atoms in total. The molecular weight excluding hydrogens is 278 g/mol. The Hall–Kier alpha value is -2.39. The van der Waals surface area contributed by atoms with E-state index in [9.17, 15) is 4.79 Å². The molecule has 0 fully saturated rings. The van der Waals surface area contributed by atoms with Crippen molar-refractivity contribution in [3.05, 3.63) is 76.5 Å². The van der Waals surface area contributed by atoms with Crippen LogP contribution < -0.4 is 5.32 Å². The van der Waals surface area contributed by atoms with Gasteiger partial charge in [0.2, 0.25) is 0 Å². The molecule has 104 valence electrons. The van der Waals surface area contributed by atoms with E-state index in [1.807, 2.05) is 73.7 Å². The Kier molecular flexibility index (Phi) is 3.84. The fraction of sp³-hybridized carbons (Fsp3) is 0.0556. The molecule has 0 atom stereocenters. The SMILES string of the molecule is Cc1ccc(C(=O)Nc2ccccc2-c2ccccc2)s1. The number of benzene rings is 2. The number of hydrogen-bond donors (Lipinski definition) is 1. The second-order valence-corrected chi connectivity index (χ2v) is 6.06. The van der Waals surface area contributed by atoms with E-state index in [1.54, 1.807) is 0 Å². The third-order valence-corrected chi connectivity index (χ3v) is 4.22. The van der Waals surface area contributed by atoms with Crippen molar-refractivity contribution in [2.75, 3.05) is 5.32 Å². The second-order valence-electron chi connectivity index (χ2n) is 4.78. The van der Waals surface area contributed by atoms with Crippen molar-refractivity contribution in [3.8, 4) is 11.1 Å². The fourth-order valence-electron chi connectivity index (χ4n) is 2.20. The van der Waals surface area contributed by atoms with E-state index in [-0.39, 0.29) is 5.91 Å². The second kappa shape index (κ2) is 5.94. The van der Waals surface area contributed by atoms with Crippen LogP contribution in [0.25, 0.3) is 11.1 Å². The number of nitrogens with one attached hydrogen (secondary N) is 1. The van der Waals surface area contributed by atoms with Crippen molar-refractivity contribution in [3.63, 3.8) is 0 Å². The van der Waals surface area contributed by atoms with Crippen LogP contribution in [0.15, 0.2) is 66.7 Å². The van der Waals surface area contributed by atoms with Gasteiger partial charge in [-0.25, -0.2) is 0 Å². The molecule has 0 spiro atoms. The molecule has 1 aromatic heterocycles. The Labute approximate surface area is 128 Å². The summed E-state index contributed by atoms with van der Waals surface area (Å²) in [5.74, 6) is -0.0588. The Morgan fingerprint density at radius 3 is 2.33 bits per heavy atom. The molecule has 0 radical (unpaired) electrons. The molecule has 0 bridgehead atoms. The minimum atomic E-state index is -0.0588. The fourth-order valence-corrected chi connectivity index (χ4v) is 2.96. The number of thiophene rings is 1. The Morgan fingerprint density at radius 2 is 1.62 bits per heavy atom. The number of aryl methyl sites for hydroxylation is 1. The maximum Gasteiger partial charge on any atom is 0.265 e. The van der Waals surface area contributed by atoms with Gasteiger partial charge in [0, 0.05) is 16.1 Å². The van der Waals surface area contributed by atoms with Crippen LogP contribution in [0.2, 0.25) is 0 Å². The molecule has 3 aromatic rings. The normalized spacial score (nSPS) is 10.3. The Morgan fingerprint density at radius 1 is 0.905 bits per heavy atom. The van der Waals surface area contributed by atoms with Crippen LogP contribution in [-0.4, -0.2) is 5.91 Å². The summed E-state index contributed by atoms with van der Waals surface area (Å²) in [6.07, 6.45) is 0. The van der Waals surface area contributed by atoms with E-state index in [0.29, 0.717) is 0 Å². The molecule has 0 saturated carbocycles. The first-order valence-corrected chi connectivity index (χ1v) is 7.58. The van der Waals surface area contributed by atoms with Gasteiger partial charge in [0.05, 0.1) is 4.88 Å². The van der Waals surface area contributed by atoms with E-state index in [1.165, 1.54) is 11.3 Å². The highest BCUT2D eigenvalue weighted by atomic mass is 32.1. The van der Waals surface area contributed by atoms with Crippen LogP contribution in [0.3, 0.4) is 0 Å². The monoisotopic (exact) mass is 293 g/mol. The molecule has 0 saturated heterocycles. The number of carbonyl (C=O) groups is 1. The number of anilines is 1. The third-order valence-electron chi connectivity index (χ3n) is 3.22. The van der Waals surface area contributed by atoms with Gasteiger partial charge in [0.15, 0.2) is 0 Å². The van der Waals surface area contributed by atoms with E-state index in [2.05, 4.69) is 5.32 Å². The lowest BCUT2D eigenvalue weighted by molar-refractivity contribution is 0.103. The number of rotatable bonds is 3. The van der Waals surface area contributed by atoms with Crippen molar-refractivity contribution in [1.82, 2.24) is 0 Å². The van der Waals surface area contributed by atoms with Crippen LogP contribution in [0.4, 0.5) is 5.69 Å². The Bertz CT molecular complexity index is 762. The molecule has 0 aliphatic rings. The standard InChI is InChI=1S/C18H15NOS/c1-13-11-12-17(21-13)18(20)19-16-10-6-5-9-15(16)14-7-3-2-4-8-14/h2-12H,1H3,(H,19,20). The lowest BCUT2D eigenvalue weighted by atomic mass is 10.0. The molecule has 1 heterocycles. The zero-order valence-corrected chi connectivity index (χ0v) is 12.5. The molecule has 0 unspecified atom stereocenters. The average molecular weight is 293 g/mol. The van der Waals surface area contributed by atoms with Gasteiger partial charge in [0.25, 0.3) is 5.91 Å².